The van der Waals surface area contributed by atoms with Crippen molar-refractivity contribution in [2.45, 2.75) is 51.0 Å². The van der Waals surface area contributed by atoms with E-state index in [1.54, 1.807) is 11.3 Å². The maximum absolute atomic E-state index is 12.1. The number of aliphatic hydroxyl groups is 1. The van der Waals surface area contributed by atoms with Gasteiger partial charge in [-0.2, -0.15) is 0 Å². The van der Waals surface area contributed by atoms with Gasteiger partial charge in [-0.3, -0.25) is 9.69 Å². The molecule has 0 radical (unpaired) electrons. The van der Waals surface area contributed by atoms with Crippen LogP contribution in [0.3, 0.4) is 0 Å². The van der Waals surface area contributed by atoms with Crippen molar-refractivity contribution in [2.24, 2.45) is 5.92 Å². The minimum atomic E-state index is -0.198. The maximum Gasteiger partial charge on any atom is 0.240 e. The third-order valence-corrected chi connectivity index (χ3v) is 5.74. The van der Waals surface area contributed by atoms with Crippen LogP contribution in [0.1, 0.15) is 42.7 Å². The molecule has 2 N–H and O–H groups in total. The van der Waals surface area contributed by atoms with Crippen LogP contribution < -0.4 is 5.32 Å². The second kappa shape index (κ2) is 7.06. The fourth-order valence-corrected chi connectivity index (χ4v) is 4.57. The predicted octanol–water partition coefficient (Wildman–Crippen LogP) is 2.05. The molecule has 0 bridgehead atoms. The van der Waals surface area contributed by atoms with Crippen molar-refractivity contribution in [3.05, 3.63) is 10.6 Å². The summed E-state index contributed by atoms with van der Waals surface area (Å²) in [4.78, 5) is 20.0. The number of fused-ring (bicyclic) bond motifs is 1. The van der Waals surface area contributed by atoms with E-state index >= 15 is 0 Å². The molecule has 1 aromatic heterocycles. The van der Waals surface area contributed by atoms with Crippen molar-refractivity contribution in [1.29, 1.82) is 0 Å². The molecule has 122 valence electrons. The number of hydrogen-bond donors (Lipinski definition) is 2. The summed E-state index contributed by atoms with van der Waals surface area (Å²) in [6, 6.07) is 0. The number of aryl methyl sites for hydroxylation is 2. The molecule has 1 amide bonds. The van der Waals surface area contributed by atoms with Crippen LogP contribution in [-0.2, 0) is 17.6 Å². The molecule has 1 heterocycles. The molecule has 2 aliphatic carbocycles. The zero-order valence-electron chi connectivity index (χ0n) is 13.2. The van der Waals surface area contributed by atoms with Gasteiger partial charge in [0.05, 0.1) is 18.3 Å². The zero-order chi connectivity index (χ0) is 15.5. The van der Waals surface area contributed by atoms with Gasteiger partial charge >= 0.3 is 0 Å². The SMILES string of the molecule is CN(CC(=O)Nc1nc2c(s1)CCCC2)CC1CCCC1O. The molecule has 1 fully saturated rings. The summed E-state index contributed by atoms with van der Waals surface area (Å²) in [6.45, 7) is 1.14. The topological polar surface area (TPSA) is 65.5 Å². The van der Waals surface area contributed by atoms with Gasteiger partial charge in [-0.05, 0) is 51.5 Å². The second-order valence-electron chi connectivity index (χ2n) is 6.60. The van der Waals surface area contributed by atoms with Crippen LogP contribution in [-0.4, -0.2) is 47.1 Å². The number of nitrogens with one attached hydrogen (secondary N) is 1. The molecule has 6 heteroatoms. The monoisotopic (exact) mass is 323 g/mol. The standard InChI is InChI=1S/C16H25N3O2S/c1-19(9-11-5-4-7-13(11)20)10-15(21)18-16-17-12-6-2-3-8-14(12)22-16/h11,13,20H,2-10H2,1H3,(H,17,18,21). The highest BCUT2D eigenvalue weighted by molar-refractivity contribution is 7.15. The first-order chi connectivity index (χ1) is 10.6. The highest BCUT2D eigenvalue weighted by Gasteiger charge is 2.26. The lowest BCUT2D eigenvalue weighted by Crippen LogP contribution is -2.35. The average molecular weight is 323 g/mol. The normalized spacial score (nSPS) is 24.5. The summed E-state index contributed by atoms with van der Waals surface area (Å²) >= 11 is 1.62. The number of hydrogen-bond acceptors (Lipinski definition) is 5. The van der Waals surface area contributed by atoms with Gasteiger partial charge in [0.15, 0.2) is 5.13 Å². The van der Waals surface area contributed by atoms with Gasteiger partial charge in [0, 0.05) is 11.4 Å². The molecule has 0 spiro atoms. The van der Waals surface area contributed by atoms with Crippen LogP contribution in [0.5, 0.6) is 0 Å². The minimum absolute atomic E-state index is 0.0129. The average Bonchev–Trinajstić information content (AvgIpc) is 3.04. The summed E-state index contributed by atoms with van der Waals surface area (Å²) in [7, 11) is 1.94. The van der Waals surface area contributed by atoms with Crippen molar-refractivity contribution >= 4 is 22.4 Å². The first-order valence-corrected chi connectivity index (χ1v) is 9.08. The number of likely N-dealkylation sites (N-methyl/N-ethyl adjacent to an activating group) is 1. The smallest absolute Gasteiger partial charge is 0.240 e. The van der Waals surface area contributed by atoms with E-state index < -0.39 is 0 Å². The predicted molar refractivity (Wildman–Crippen MR) is 88.2 cm³/mol. The quantitative estimate of drug-likeness (QED) is 0.870. The Bertz CT molecular complexity index is 508. The number of aliphatic hydroxyl groups excluding tert-OH is 1. The Hall–Kier alpha value is -0.980. The number of aromatic nitrogens is 1. The van der Waals surface area contributed by atoms with Gasteiger partial charge in [-0.25, -0.2) is 4.98 Å². The molecule has 2 unspecified atom stereocenters. The Labute approximate surface area is 135 Å². The van der Waals surface area contributed by atoms with Crippen molar-refractivity contribution < 1.29 is 9.90 Å². The van der Waals surface area contributed by atoms with E-state index in [0.29, 0.717) is 12.5 Å². The molecule has 2 aliphatic rings. The molecule has 1 saturated carbocycles. The highest BCUT2D eigenvalue weighted by atomic mass is 32.1. The number of nitrogens with zero attached hydrogens (tertiary/aromatic N) is 2. The minimum Gasteiger partial charge on any atom is -0.393 e. The Morgan fingerprint density at radius 1 is 1.36 bits per heavy atom. The van der Waals surface area contributed by atoms with Crippen LogP contribution in [0.25, 0.3) is 0 Å². The summed E-state index contributed by atoms with van der Waals surface area (Å²) in [5, 5.41) is 13.5. The van der Waals surface area contributed by atoms with Gasteiger partial charge in [0.25, 0.3) is 0 Å². The van der Waals surface area contributed by atoms with Crippen LogP contribution in [0, 0.1) is 5.92 Å². The van der Waals surface area contributed by atoms with Crippen LogP contribution in [0.4, 0.5) is 5.13 Å². The fraction of sp³-hybridized carbons (Fsp3) is 0.750. The van der Waals surface area contributed by atoms with Gasteiger partial charge < -0.3 is 10.4 Å². The second-order valence-corrected chi connectivity index (χ2v) is 7.68. The van der Waals surface area contributed by atoms with E-state index in [2.05, 4.69) is 10.3 Å². The number of anilines is 1. The van der Waals surface area contributed by atoms with Crippen LogP contribution >= 0.6 is 11.3 Å². The molecule has 2 atom stereocenters. The first-order valence-electron chi connectivity index (χ1n) is 8.27. The third-order valence-electron chi connectivity index (χ3n) is 4.67. The molecular weight excluding hydrogens is 298 g/mol. The lowest BCUT2D eigenvalue weighted by atomic mass is 10.0. The summed E-state index contributed by atoms with van der Waals surface area (Å²) in [6.07, 6.45) is 7.43. The molecule has 1 aromatic rings. The number of amides is 1. The van der Waals surface area contributed by atoms with Crippen molar-refractivity contribution in [3.63, 3.8) is 0 Å². The summed E-state index contributed by atoms with van der Waals surface area (Å²) in [5.41, 5.74) is 1.17. The Kier molecular flexibility index (Phi) is 5.10. The van der Waals surface area contributed by atoms with Crippen LogP contribution in [0.2, 0.25) is 0 Å². The molecule has 22 heavy (non-hydrogen) atoms. The fourth-order valence-electron chi connectivity index (χ4n) is 3.50. The molecular formula is C16H25N3O2S. The molecule has 5 nitrogen and oxygen atoms in total. The Morgan fingerprint density at radius 2 is 2.18 bits per heavy atom. The van der Waals surface area contributed by atoms with E-state index in [-0.39, 0.29) is 12.0 Å². The highest BCUT2D eigenvalue weighted by Crippen LogP contribution is 2.29. The van der Waals surface area contributed by atoms with Gasteiger partial charge in [0.1, 0.15) is 0 Å². The van der Waals surface area contributed by atoms with Crippen molar-refractivity contribution in [2.75, 3.05) is 25.5 Å². The molecule has 3 rings (SSSR count). The zero-order valence-corrected chi connectivity index (χ0v) is 14.0. The number of carbonyl (C=O) groups excluding carboxylic acids is 1. The lowest BCUT2D eigenvalue weighted by molar-refractivity contribution is -0.117. The Balaban J connectivity index is 1.48. The molecule has 0 aliphatic heterocycles. The van der Waals surface area contributed by atoms with E-state index in [4.69, 9.17) is 0 Å². The third kappa shape index (κ3) is 3.86. The van der Waals surface area contributed by atoms with E-state index in [1.807, 2.05) is 11.9 Å². The maximum atomic E-state index is 12.1. The number of carbonyl (C=O) groups is 1. The summed E-state index contributed by atoms with van der Waals surface area (Å²) < 4.78 is 0. The Morgan fingerprint density at radius 3 is 2.91 bits per heavy atom. The lowest BCUT2D eigenvalue weighted by Gasteiger charge is -2.22. The van der Waals surface area contributed by atoms with Gasteiger partial charge in [-0.1, -0.05) is 6.42 Å². The molecule has 0 aromatic carbocycles. The largest absolute Gasteiger partial charge is 0.393 e. The molecule has 0 saturated heterocycles. The van der Waals surface area contributed by atoms with Gasteiger partial charge in [-0.15, -0.1) is 11.3 Å². The first kappa shape index (κ1) is 15.9. The van der Waals surface area contributed by atoms with Crippen molar-refractivity contribution in [3.8, 4) is 0 Å². The van der Waals surface area contributed by atoms with Gasteiger partial charge in [0.2, 0.25) is 5.91 Å². The van der Waals surface area contributed by atoms with E-state index in [0.717, 1.165) is 43.8 Å². The number of thiazole rings is 1. The van der Waals surface area contributed by atoms with Crippen molar-refractivity contribution in [1.82, 2.24) is 9.88 Å². The summed E-state index contributed by atoms with van der Waals surface area (Å²) in [5.74, 6) is 0.297. The van der Waals surface area contributed by atoms with Crippen LogP contribution in [0.15, 0.2) is 0 Å². The van der Waals surface area contributed by atoms with E-state index in [9.17, 15) is 9.90 Å². The van der Waals surface area contributed by atoms with E-state index in [1.165, 1.54) is 23.4 Å². The number of rotatable bonds is 5.